The standard InChI is InChI=1S/H3O2PS2.2H2O.O.Ti/c1-3(2,4)5;;;;/h(H3,1,2,4,5);2*1H2;;/q;;;;+2/p-2. The van der Waals surface area contributed by atoms with Crippen molar-refractivity contribution in [3.63, 3.8) is 0 Å². The summed E-state index contributed by atoms with van der Waals surface area (Å²) < 4.78 is 23.2. The van der Waals surface area contributed by atoms with E-state index in [1.54, 1.807) is 0 Å². The van der Waals surface area contributed by atoms with Crippen LogP contribution in [0, 0.1) is 0 Å². The maximum absolute atomic E-state index is 8.81. The van der Waals surface area contributed by atoms with Gasteiger partial charge >= 0.3 is 29.3 Å². The minimum absolute atomic E-state index is 3.11. The van der Waals surface area contributed by atoms with Crippen molar-refractivity contribution in [2.45, 2.75) is 0 Å². The summed E-state index contributed by atoms with van der Waals surface area (Å²) in [5.74, 6) is 0. The Bertz CT molecular complexity index is 115. The molecule has 0 rings (SSSR count). The van der Waals surface area contributed by atoms with E-state index in [1.807, 2.05) is 0 Å². The molecule has 0 aliphatic heterocycles. The Kier molecular flexibility index (Phi) is 8.78. The van der Waals surface area contributed by atoms with Crippen molar-refractivity contribution in [1.82, 2.24) is 0 Å². The molecule has 0 aromatic rings. The SMILES string of the molecule is OP(O)(=S)S.[O]=[Ti]([OH])[OH]. The van der Waals surface area contributed by atoms with Crippen molar-refractivity contribution in [1.29, 1.82) is 0 Å². The van der Waals surface area contributed by atoms with Gasteiger partial charge in [0.05, 0.1) is 0 Å². The molecular formula is H5O5PS2Ti. The fourth-order valence-corrected chi connectivity index (χ4v) is 0. The molecule has 4 N–H and O–H groups in total. The zero-order valence-corrected chi connectivity index (χ0v) is 8.17. The van der Waals surface area contributed by atoms with Crippen molar-refractivity contribution in [3.05, 3.63) is 0 Å². The molecule has 56 valence electrons. The van der Waals surface area contributed by atoms with Crippen molar-refractivity contribution in [2.75, 3.05) is 0 Å². The molecule has 0 bridgehead atoms. The summed E-state index contributed by atoms with van der Waals surface area (Å²) in [6, 6.07) is 0. The third-order valence-corrected chi connectivity index (χ3v) is 0. The van der Waals surface area contributed by atoms with Crippen LogP contribution in [0.15, 0.2) is 0 Å². The molecule has 5 nitrogen and oxygen atoms in total. The topological polar surface area (TPSA) is 98.0 Å². The van der Waals surface area contributed by atoms with Crippen LogP contribution < -0.4 is 0 Å². The second-order valence-corrected chi connectivity index (χ2v) is 6.72. The maximum atomic E-state index is 8.81. The Morgan fingerprint density at radius 2 is 1.44 bits per heavy atom. The first kappa shape index (κ1) is 13.0. The summed E-state index contributed by atoms with van der Waals surface area (Å²) in [4.78, 5) is 15.7. The van der Waals surface area contributed by atoms with Crippen molar-refractivity contribution < 1.29 is 39.1 Å². The number of hydrogen-bond acceptors (Lipinski definition) is 2. The van der Waals surface area contributed by atoms with Crippen LogP contribution in [-0.2, 0) is 33.7 Å². The first-order chi connectivity index (χ1) is 3.73. The van der Waals surface area contributed by atoms with Crippen LogP contribution in [0.4, 0.5) is 0 Å². The molecule has 0 atom stereocenters. The van der Waals surface area contributed by atoms with Gasteiger partial charge < -0.3 is 9.79 Å². The van der Waals surface area contributed by atoms with E-state index in [-0.39, 0.29) is 0 Å². The van der Waals surface area contributed by atoms with E-state index in [0.29, 0.717) is 0 Å². The molecule has 0 saturated heterocycles. The summed E-state index contributed by atoms with van der Waals surface area (Å²) in [5.41, 5.74) is -3.11. The third kappa shape index (κ3) is 276. The quantitative estimate of drug-likeness (QED) is 0.205. The van der Waals surface area contributed by atoms with Crippen molar-refractivity contribution in [2.24, 2.45) is 0 Å². The van der Waals surface area contributed by atoms with Gasteiger partial charge in [-0.1, -0.05) is 12.2 Å². The Hall–Kier alpha value is 1.35. The Balaban J connectivity index is 0. The van der Waals surface area contributed by atoms with E-state index in [4.69, 9.17) is 20.5 Å². The van der Waals surface area contributed by atoms with E-state index < -0.39 is 24.3 Å². The molecule has 0 aliphatic rings. The molecule has 0 aromatic carbocycles. The van der Waals surface area contributed by atoms with Gasteiger partial charge in [-0.25, -0.2) is 0 Å². The predicted octanol–water partition coefficient (Wildman–Crippen LogP) is -1.11. The molecule has 0 radical (unpaired) electrons. The molecule has 0 spiro atoms. The van der Waals surface area contributed by atoms with Gasteiger partial charge in [0.25, 0.3) is 0 Å². The van der Waals surface area contributed by atoms with Crippen LogP contribution in [0.25, 0.3) is 0 Å². The van der Waals surface area contributed by atoms with Crippen molar-refractivity contribution >= 4 is 29.7 Å². The van der Waals surface area contributed by atoms with E-state index in [2.05, 4.69) is 24.1 Å². The van der Waals surface area contributed by atoms with Gasteiger partial charge in [0.15, 0.2) is 0 Å². The summed E-state index contributed by atoms with van der Waals surface area (Å²) in [6.07, 6.45) is 0. The number of rotatable bonds is 0. The van der Waals surface area contributed by atoms with Gasteiger partial charge in [0, 0.05) is 0 Å². The van der Waals surface area contributed by atoms with E-state index in [1.165, 1.54) is 0 Å². The minimum atomic E-state index is -3.58. The van der Waals surface area contributed by atoms with E-state index in [9.17, 15) is 0 Å². The molecule has 0 amide bonds. The molecule has 0 aliphatic carbocycles. The van der Waals surface area contributed by atoms with Gasteiger partial charge in [-0.3, -0.25) is 0 Å². The number of thiol groups is 1. The van der Waals surface area contributed by atoms with Gasteiger partial charge in [-0.05, 0) is 11.8 Å². The average Bonchev–Trinajstić information content (AvgIpc) is 1.19. The van der Waals surface area contributed by atoms with Crippen LogP contribution >= 0.6 is 17.9 Å². The average molecular weight is 228 g/mol. The summed E-state index contributed by atoms with van der Waals surface area (Å²) in [7, 11) is 0. The Morgan fingerprint density at radius 3 is 1.44 bits per heavy atom. The Morgan fingerprint density at radius 1 is 1.44 bits per heavy atom. The third-order valence-electron chi connectivity index (χ3n) is 0. The van der Waals surface area contributed by atoms with Gasteiger partial charge in [-0.2, -0.15) is 0 Å². The predicted molar refractivity (Wildman–Crippen MR) is 32.8 cm³/mol. The molecule has 9 heteroatoms. The molecule has 0 fully saturated rings. The van der Waals surface area contributed by atoms with Crippen LogP contribution in [0.2, 0.25) is 0 Å². The normalized spacial score (nSPS) is 9.44. The summed E-state index contributed by atoms with van der Waals surface area (Å²) >= 11 is 3.49. The fraction of sp³-hybridized carbons (Fsp3) is 0. The molecule has 0 saturated carbocycles. The van der Waals surface area contributed by atoms with E-state index >= 15 is 0 Å². The van der Waals surface area contributed by atoms with Gasteiger partial charge in [-0.15, -0.1) is 0 Å². The van der Waals surface area contributed by atoms with Crippen LogP contribution in [0.1, 0.15) is 0 Å². The van der Waals surface area contributed by atoms with E-state index in [0.717, 1.165) is 0 Å². The second-order valence-electron chi connectivity index (χ2n) is 0.796. The number of hydrogen-bond donors (Lipinski definition) is 5. The zero-order valence-electron chi connectivity index (χ0n) is 4.00. The van der Waals surface area contributed by atoms with Crippen LogP contribution in [0.5, 0.6) is 0 Å². The van der Waals surface area contributed by atoms with Gasteiger partial charge in [0.2, 0.25) is 5.69 Å². The van der Waals surface area contributed by atoms with Crippen LogP contribution in [-0.4, -0.2) is 17.2 Å². The monoisotopic (exact) mass is 228 g/mol. The van der Waals surface area contributed by atoms with Crippen molar-refractivity contribution in [3.8, 4) is 0 Å². The Labute approximate surface area is 68.8 Å². The molecule has 0 unspecified atom stereocenters. The van der Waals surface area contributed by atoms with Gasteiger partial charge in [0.1, 0.15) is 0 Å². The first-order valence-electron chi connectivity index (χ1n) is 1.43. The molecule has 0 heterocycles. The zero-order chi connectivity index (χ0) is 8.08. The van der Waals surface area contributed by atoms with Crippen LogP contribution in [0.3, 0.4) is 0 Å². The molecule has 0 aromatic heterocycles. The first-order valence-corrected chi connectivity index (χ1v) is 7.33. The second kappa shape index (κ2) is 6.09. The summed E-state index contributed by atoms with van der Waals surface area (Å²) in [6.45, 7) is 0. The fourth-order valence-electron chi connectivity index (χ4n) is 0. The molecule has 9 heavy (non-hydrogen) atoms. The molecular weight excluding hydrogens is 223 g/mol. The summed E-state index contributed by atoms with van der Waals surface area (Å²) in [5, 5.41) is 0.